The number of ketones is 1. The molecule has 0 saturated heterocycles. The van der Waals surface area contributed by atoms with E-state index in [4.69, 9.17) is 4.74 Å². The molecule has 0 aliphatic carbocycles. The third kappa shape index (κ3) is 8.45. The van der Waals surface area contributed by atoms with E-state index in [0.29, 0.717) is 5.57 Å². The summed E-state index contributed by atoms with van der Waals surface area (Å²) in [4.78, 5) is 18.9. The number of Topliss-reactive ketones (excluding diaryl/α,β-unsaturated/α-hetero) is 1. The van der Waals surface area contributed by atoms with Crippen LogP contribution in [0.4, 0.5) is 0 Å². The molecule has 37 heavy (non-hydrogen) atoms. The van der Waals surface area contributed by atoms with Gasteiger partial charge >= 0.3 is 0 Å². The van der Waals surface area contributed by atoms with E-state index < -0.39 is 0 Å². The zero-order valence-corrected chi connectivity index (χ0v) is 22.5. The monoisotopic (exact) mass is 497 g/mol. The minimum absolute atomic E-state index is 0.00311. The summed E-state index contributed by atoms with van der Waals surface area (Å²) in [6.07, 6.45) is 11.1. The predicted molar refractivity (Wildman–Crippen MR) is 153 cm³/mol. The average molecular weight is 498 g/mol. The Morgan fingerprint density at radius 1 is 1.16 bits per heavy atom. The molecule has 5 heteroatoms. The SMILES string of the molecule is CC/C=C/C1=C=CC(N(C)CCCc2ccccc2OC(CCNC)c2ccccc2)=C(C(C)=O)C=N1. The van der Waals surface area contributed by atoms with Gasteiger partial charge in [-0.05, 0) is 63.0 Å². The number of aryl methyl sites for hydroxylation is 1. The van der Waals surface area contributed by atoms with E-state index in [-0.39, 0.29) is 11.9 Å². The number of carbonyl (C=O) groups is 1. The van der Waals surface area contributed by atoms with Crippen molar-refractivity contribution in [2.24, 2.45) is 4.99 Å². The number of carbonyl (C=O) groups excluding carboxylic acids is 1. The minimum atomic E-state index is -0.0149. The first-order chi connectivity index (χ1) is 18.0. The lowest BCUT2D eigenvalue weighted by atomic mass is 10.0. The van der Waals surface area contributed by atoms with Crippen molar-refractivity contribution in [1.29, 1.82) is 0 Å². The molecule has 0 amide bonds. The van der Waals surface area contributed by atoms with Crippen LogP contribution in [0.5, 0.6) is 5.75 Å². The summed E-state index contributed by atoms with van der Waals surface area (Å²) < 4.78 is 6.57. The molecule has 2 aromatic carbocycles. The first kappa shape index (κ1) is 27.9. The Morgan fingerprint density at radius 3 is 2.65 bits per heavy atom. The normalized spacial score (nSPS) is 14.0. The third-order valence-corrected chi connectivity index (χ3v) is 6.28. The van der Waals surface area contributed by atoms with E-state index in [0.717, 1.165) is 55.9 Å². The summed E-state index contributed by atoms with van der Waals surface area (Å²) in [5, 5.41) is 3.24. The van der Waals surface area contributed by atoms with Crippen LogP contribution in [0.25, 0.3) is 0 Å². The van der Waals surface area contributed by atoms with Gasteiger partial charge in [0.15, 0.2) is 5.78 Å². The second-order valence-electron chi connectivity index (χ2n) is 9.14. The van der Waals surface area contributed by atoms with Crippen LogP contribution in [0, 0.1) is 0 Å². The van der Waals surface area contributed by atoms with Crippen LogP contribution in [-0.4, -0.2) is 44.1 Å². The van der Waals surface area contributed by atoms with Gasteiger partial charge in [-0.15, -0.1) is 0 Å². The van der Waals surface area contributed by atoms with Crippen LogP contribution in [0.1, 0.15) is 50.3 Å². The van der Waals surface area contributed by atoms with Crippen LogP contribution in [-0.2, 0) is 11.2 Å². The summed E-state index contributed by atoms with van der Waals surface area (Å²) in [7, 11) is 3.98. The molecule has 1 unspecified atom stereocenters. The highest BCUT2D eigenvalue weighted by Crippen LogP contribution is 2.28. The fraction of sp³-hybridized carbons (Fsp3) is 0.344. The van der Waals surface area contributed by atoms with Crippen molar-refractivity contribution in [3.63, 3.8) is 0 Å². The molecule has 0 bridgehead atoms. The molecular weight excluding hydrogens is 458 g/mol. The molecule has 0 radical (unpaired) electrons. The standard InChI is InChI=1S/C32H39N3O2/c1-5-6-17-28-19-20-30(29(24-34-28)25(2)36)35(4)23-12-16-27-15-10-11-18-31(27)37-32(21-22-33-3)26-13-8-7-9-14-26/h6-11,13-15,17-18,20,24,32-33H,5,12,16,21-23H2,1-4H3/b17-6+. The largest absolute Gasteiger partial charge is 0.485 e. The highest BCUT2D eigenvalue weighted by Gasteiger charge is 2.16. The number of benzene rings is 2. The average Bonchev–Trinajstić information content (AvgIpc) is 3.14. The summed E-state index contributed by atoms with van der Waals surface area (Å²) in [5.74, 6) is 0.923. The van der Waals surface area contributed by atoms with Gasteiger partial charge in [-0.2, -0.15) is 0 Å². The Kier molecular flexibility index (Phi) is 11.2. The lowest BCUT2D eigenvalue weighted by Crippen LogP contribution is -2.22. The zero-order chi connectivity index (χ0) is 26.5. The Bertz CT molecular complexity index is 1190. The summed E-state index contributed by atoms with van der Waals surface area (Å²) in [6, 6.07) is 18.7. The Hall–Kier alpha value is -3.66. The molecule has 1 heterocycles. The Morgan fingerprint density at radius 2 is 1.92 bits per heavy atom. The number of hydrogen-bond acceptors (Lipinski definition) is 5. The maximum absolute atomic E-state index is 12.3. The van der Waals surface area contributed by atoms with Gasteiger partial charge in [-0.1, -0.05) is 67.3 Å². The second-order valence-corrected chi connectivity index (χ2v) is 9.14. The predicted octanol–water partition coefficient (Wildman–Crippen LogP) is 6.21. The first-order valence-electron chi connectivity index (χ1n) is 13.1. The minimum Gasteiger partial charge on any atom is -0.485 e. The van der Waals surface area contributed by atoms with Crippen molar-refractivity contribution in [3.05, 3.63) is 107 Å². The fourth-order valence-electron chi connectivity index (χ4n) is 4.21. The number of ether oxygens (including phenoxy) is 1. The number of aliphatic imine (C=N–C) groups is 1. The van der Waals surface area contributed by atoms with Gasteiger partial charge in [0, 0.05) is 32.3 Å². The van der Waals surface area contributed by atoms with Crippen LogP contribution < -0.4 is 10.1 Å². The van der Waals surface area contributed by atoms with Gasteiger partial charge < -0.3 is 15.0 Å². The van der Waals surface area contributed by atoms with Crippen molar-refractivity contribution < 1.29 is 9.53 Å². The number of allylic oxidation sites excluding steroid dienone is 3. The highest BCUT2D eigenvalue weighted by atomic mass is 16.5. The molecule has 194 valence electrons. The molecule has 0 spiro atoms. The molecule has 0 fully saturated rings. The number of nitrogens with zero attached hydrogens (tertiary/aromatic N) is 2. The van der Waals surface area contributed by atoms with Crippen molar-refractivity contribution in [1.82, 2.24) is 10.2 Å². The van der Waals surface area contributed by atoms with Crippen LogP contribution in [0.15, 0.2) is 101 Å². The van der Waals surface area contributed by atoms with E-state index >= 15 is 0 Å². The molecule has 0 aromatic heterocycles. The lowest BCUT2D eigenvalue weighted by Gasteiger charge is -2.23. The van der Waals surface area contributed by atoms with Gasteiger partial charge in [0.2, 0.25) is 0 Å². The molecule has 1 N–H and O–H groups in total. The second kappa shape index (κ2) is 14.8. The molecule has 2 aromatic rings. The van der Waals surface area contributed by atoms with E-state index in [2.05, 4.69) is 70.3 Å². The highest BCUT2D eigenvalue weighted by molar-refractivity contribution is 6.13. The number of rotatable bonds is 14. The summed E-state index contributed by atoms with van der Waals surface area (Å²) >= 11 is 0. The molecule has 1 atom stereocenters. The zero-order valence-electron chi connectivity index (χ0n) is 22.5. The number of likely N-dealkylation sites (N-methyl/N-ethyl adjacent to an activating group) is 1. The molecule has 5 nitrogen and oxygen atoms in total. The molecule has 1 aliphatic rings. The summed E-state index contributed by atoms with van der Waals surface area (Å²) in [6.45, 7) is 5.32. The molecule has 0 saturated carbocycles. The van der Waals surface area contributed by atoms with Crippen molar-refractivity contribution in [2.45, 2.75) is 45.6 Å². The van der Waals surface area contributed by atoms with Crippen LogP contribution in [0.3, 0.4) is 0 Å². The molecule has 1 aliphatic heterocycles. The van der Waals surface area contributed by atoms with Gasteiger partial charge in [0.05, 0.1) is 11.3 Å². The smallest absolute Gasteiger partial charge is 0.163 e. The molecule has 3 rings (SSSR count). The van der Waals surface area contributed by atoms with Crippen molar-refractivity contribution >= 4 is 12.0 Å². The maximum atomic E-state index is 12.3. The van der Waals surface area contributed by atoms with Gasteiger partial charge in [-0.25, -0.2) is 4.99 Å². The quantitative estimate of drug-likeness (QED) is 0.315. The Labute approximate surface area is 222 Å². The number of hydrogen-bond donors (Lipinski definition) is 1. The first-order valence-corrected chi connectivity index (χ1v) is 13.1. The van der Waals surface area contributed by atoms with Crippen LogP contribution in [0.2, 0.25) is 0 Å². The van der Waals surface area contributed by atoms with Gasteiger partial charge in [-0.3, -0.25) is 4.79 Å². The lowest BCUT2D eigenvalue weighted by molar-refractivity contribution is -0.113. The number of para-hydroxylation sites is 1. The third-order valence-electron chi connectivity index (χ3n) is 6.28. The summed E-state index contributed by atoms with van der Waals surface area (Å²) in [5.41, 5.74) is 7.77. The van der Waals surface area contributed by atoms with Crippen LogP contribution >= 0.6 is 0 Å². The van der Waals surface area contributed by atoms with Crippen molar-refractivity contribution in [3.8, 4) is 5.75 Å². The fourth-order valence-corrected chi connectivity index (χ4v) is 4.21. The van der Waals surface area contributed by atoms with Crippen molar-refractivity contribution in [2.75, 3.05) is 27.2 Å². The van der Waals surface area contributed by atoms with E-state index in [1.807, 2.05) is 44.5 Å². The van der Waals surface area contributed by atoms with E-state index in [9.17, 15) is 4.79 Å². The number of nitrogens with one attached hydrogen (secondary N) is 1. The Balaban J connectivity index is 1.71. The molecular formula is C32H39N3O2. The topological polar surface area (TPSA) is 53.9 Å². The van der Waals surface area contributed by atoms with E-state index in [1.165, 1.54) is 11.1 Å². The maximum Gasteiger partial charge on any atom is 0.163 e. The van der Waals surface area contributed by atoms with Gasteiger partial charge in [0.1, 0.15) is 17.6 Å². The van der Waals surface area contributed by atoms with E-state index in [1.54, 1.807) is 13.1 Å². The van der Waals surface area contributed by atoms with Gasteiger partial charge in [0.25, 0.3) is 0 Å².